The van der Waals surface area contributed by atoms with Crippen LogP contribution in [0.2, 0.25) is 5.02 Å². The van der Waals surface area contributed by atoms with Gasteiger partial charge in [0.05, 0.1) is 29.9 Å². The number of aryl methyl sites for hydroxylation is 3. The number of hydrogen-bond acceptors (Lipinski definition) is 8. The van der Waals surface area contributed by atoms with Crippen LogP contribution in [-0.2, 0) is 19.5 Å². The molecule has 0 radical (unpaired) electrons. The topological polar surface area (TPSA) is 117 Å². The maximum atomic E-state index is 10.8. The fourth-order valence-corrected chi connectivity index (χ4v) is 3.77. The second kappa shape index (κ2) is 8.59. The van der Waals surface area contributed by atoms with Crippen molar-refractivity contribution in [3.8, 4) is 0 Å². The lowest BCUT2D eigenvalue weighted by Crippen LogP contribution is -2.05. The van der Waals surface area contributed by atoms with Crippen LogP contribution in [0.1, 0.15) is 16.3 Å². The Kier molecular flexibility index (Phi) is 5.72. The highest BCUT2D eigenvalue weighted by molar-refractivity contribution is 7.15. The molecule has 0 aliphatic heterocycles. The van der Waals surface area contributed by atoms with E-state index in [1.54, 1.807) is 16.3 Å². The van der Waals surface area contributed by atoms with Crippen LogP contribution < -0.4 is 5.32 Å². The van der Waals surface area contributed by atoms with E-state index in [0.717, 1.165) is 16.3 Å². The van der Waals surface area contributed by atoms with E-state index in [2.05, 4.69) is 25.7 Å². The highest BCUT2D eigenvalue weighted by Crippen LogP contribution is 2.21. The first-order chi connectivity index (χ1) is 14.5. The van der Waals surface area contributed by atoms with E-state index in [0.29, 0.717) is 35.5 Å². The number of halogens is 1. The quantitative estimate of drug-likeness (QED) is 0.324. The van der Waals surface area contributed by atoms with Crippen molar-refractivity contribution in [3.05, 3.63) is 74.0 Å². The van der Waals surface area contributed by atoms with Crippen molar-refractivity contribution in [1.82, 2.24) is 29.8 Å². The number of aromatic nitrogens is 6. The van der Waals surface area contributed by atoms with Crippen LogP contribution in [0, 0.1) is 17.0 Å². The van der Waals surface area contributed by atoms with Gasteiger partial charge in [0.25, 0.3) is 0 Å². The molecular formula is C18H17ClN8O2S. The third kappa shape index (κ3) is 4.63. The van der Waals surface area contributed by atoms with E-state index >= 15 is 0 Å². The van der Waals surface area contributed by atoms with E-state index in [1.807, 2.05) is 36.5 Å². The highest BCUT2D eigenvalue weighted by Gasteiger charge is 2.16. The minimum absolute atomic E-state index is 0.153. The predicted octanol–water partition coefficient (Wildman–Crippen LogP) is 3.84. The van der Waals surface area contributed by atoms with E-state index in [9.17, 15) is 10.1 Å². The van der Waals surface area contributed by atoms with Gasteiger partial charge < -0.3 is 15.4 Å². The van der Waals surface area contributed by atoms with Gasteiger partial charge in [-0.25, -0.2) is 0 Å². The summed E-state index contributed by atoms with van der Waals surface area (Å²) in [4.78, 5) is 10.3. The van der Waals surface area contributed by atoms with Crippen LogP contribution in [0.4, 0.5) is 16.8 Å². The lowest BCUT2D eigenvalue weighted by molar-refractivity contribution is -0.389. The van der Waals surface area contributed by atoms with Gasteiger partial charge >= 0.3 is 5.82 Å². The molecule has 1 aromatic carbocycles. The fraction of sp³-hybridized carbons (Fsp3) is 0.222. The zero-order valence-corrected chi connectivity index (χ0v) is 17.5. The molecule has 3 heterocycles. The Balaban J connectivity index is 1.35. The SMILES string of the molecule is Cc1cc([N+](=O)[O-])nn1CCc1nnc(Nc2ccn(Cc3ccccc3Cl)n2)s1. The maximum Gasteiger partial charge on any atom is 0.390 e. The molecule has 4 rings (SSSR count). The van der Waals surface area contributed by atoms with E-state index in [4.69, 9.17) is 11.6 Å². The summed E-state index contributed by atoms with van der Waals surface area (Å²) in [5.74, 6) is 0.503. The summed E-state index contributed by atoms with van der Waals surface area (Å²) in [6.45, 7) is 2.84. The number of rotatable bonds is 8. The largest absolute Gasteiger partial charge is 0.390 e. The molecule has 30 heavy (non-hydrogen) atoms. The van der Waals surface area contributed by atoms with Gasteiger partial charge in [0.1, 0.15) is 5.01 Å². The first kappa shape index (κ1) is 20.0. The Hall–Kier alpha value is -3.31. The average molecular weight is 445 g/mol. The lowest BCUT2D eigenvalue weighted by Gasteiger charge is -2.04. The number of benzene rings is 1. The van der Waals surface area contributed by atoms with Crippen molar-refractivity contribution in [2.24, 2.45) is 0 Å². The molecule has 154 valence electrons. The molecule has 0 saturated carbocycles. The molecule has 0 bridgehead atoms. The number of nitrogens with one attached hydrogen (secondary N) is 1. The van der Waals surface area contributed by atoms with E-state index in [1.165, 1.54) is 17.4 Å². The van der Waals surface area contributed by atoms with Crippen molar-refractivity contribution in [2.75, 3.05) is 5.32 Å². The zero-order chi connectivity index (χ0) is 21.1. The van der Waals surface area contributed by atoms with Crippen LogP contribution in [0.3, 0.4) is 0 Å². The number of nitro groups is 1. The number of hydrogen-bond donors (Lipinski definition) is 1. The van der Waals surface area contributed by atoms with Crippen LogP contribution in [0.15, 0.2) is 42.6 Å². The van der Waals surface area contributed by atoms with Gasteiger partial charge in [0, 0.05) is 23.7 Å². The van der Waals surface area contributed by atoms with Crippen molar-refractivity contribution in [2.45, 2.75) is 26.4 Å². The van der Waals surface area contributed by atoms with Gasteiger partial charge in [-0.1, -0.05) is 41.1 Å². The van der Waals surface area contributed by atoms with E-state index < -0.39 is 4.92 Å². The smallest absolute Gasteiger partial charge is 0.358 e. The van der Waals surface area contributed by atoms with Crippen molar-refractivity contribution >= 4 is 39.7 Å². The summed E-state index contributed by atoms with van der Waals surface area (Å²) in [5.41, 5.74) is 1.72. The number of nitrogens with zero attached hydrogens (tertiary/aromatic N) is 7. The fourth-order valence-electron chi connectivity index (χ4n) is 2.84. The zero-order valence-electron chi connectivity index (χ0n) is 15.9. The second-order valence-corrected chi connectivity index (χ2v) is 7.96. The van der Waals surface area contributed by atoms with Gasteiger partial charge in [-0.15, -0.1) is 10.2 Å². The predicted molar refractivity (Wildman–Crippen MR) is 113 cm³/mol. The van der Waals surface area contributed by atoms with E-state index in [-0.39, 0.29) is 5.82 Å². The molecule has 0 aliphatic carbocycles. The molecule has 12 heteroatoms. The second-order valence-electron chi connectivity index (χ2n) is 6.49. The minimum Gasteiger partial charge on any atom is -0.358 e. The van der Waals surface area contributed by atoms with Crippen molar-refractivity contribution < 1.29 is 4.92 Å². The van der Waals surface area contributed by atoms with Crippen LogP contribution in [0.5, 0.6) is 0 Å². The van der Waals surface area contributed by atoms with Crippen LogP contribution in [-0.4, -0.2) is 34.7 Å². The van der Waals surface area contributed by atoms with Gasteiger partial charge in [-0.3, -0.25) is 4.68 Å². The van der Waals surface area contributed by atoms with Gasteiger partial charge in [0.15, 0.2) is 5.82 Å². The normalized spacial score (nSPS) is 11.0. The minimum atomic E-state index is -0.499. The lowest BCUT2D eigenvalue weighted by atomic mass is 10.2. The standard InChI is InChI=1S/C18H17ClN8O2S/c1-12-10-16(27(28)29)24-26(12)9-7-17-21-22-18(30-17)20-15-6-8-25(23-15)11-13-4-2-3-5-14(13)19/h2-6,8,10H,7,9,11H2,1H3,(H,20,22,23). The Bertz CT molecular complexity index is 1180. The molecule has 1 N–H and O–H groups in total. The Morgan fingerprint density at radius 3 is 2.83 bits per heavy atom. The van der Waals surface area contributed by atoms with Crippen molar-refractivity contribution in [3.63, 3.8) is 0 Å². The number of anilines is 2. The summed E-state index contributed by atoms with van der Waals surface area (Å²) >= 11 is 7.60. The van der Waals surface area contributed by atoms with Crippen LogP contribution in [0.25, 0.3) is 0 Å². The van der Waals surface area contributed by atoms with Crippen LogP contribution >= 0.6 is 22.9 Å². The monoisotopic (exact) mass is 444 g/mol. The molecule has 3 aromatic heterocycles. The Labute approximate surface area is 180 Å². The summed E-state index contributed by atoms with van der Waals surface area (Å²) < 4.78 is 3.39. The molecule has 0 amide bonds. The molecule has 0 aliphatic rings. The summed E-state index contributed by atoms with van der Waals surface area (Å²) in [6.07, 6.45) is 2.43. The van der Waals surface area contributed by atoms with Gasteiger partial charge in [-0.2, -0.15) is 9.78 Å². The average Bonchev–Trinajstić information content (AvgIpc) is 3.43. The third-order valence-electron chi connectivity index (χ3n) is 4.33. The summed E-state index contributed by atoms with van der Waals surface area (Å²) in [5, 5.41) is 32.9. The Morgan fingerprint density at radius 1 is 1.23 bits per heavy atom. The first-order valence-corrected chi connectivity index (χ1v) is 10.2. The maximum absolute atomic E-state index is 10.8. The molecule has 10 nitrogen and oxygen atoms in total. The molecular weight excluding hydrogens is 428 g/mol. The molecule has 0 spiro atoms. The molecule has 4 aromatic rings. The Morgan fingerprint density at radius 2 is 2.07 bits per heavy atom. The first-order valence-electron chi connectivity index (χ1n) is 9.03. The molecule has 0 fully saturated rings. The summed E-state index contributed by atoms with van der Waals surface area (Å²) in [6, 6.07) is 10.9. The molecule has 0 atom stereocenters. The van der Waals surface area contributed by atoms with Gasteiger partial charge in [-0.05, 0) is 23.5 Å². The summed E-state index contributed by atoms with van der Waals surface area (Å²) in [7, 11) is 0. The van der Waals surface area contributed by atoms with Crippen molar-refractivity contribution in [1.29, 1.82) is 0 Å². The highest BCUT2D eigenvalue weighted by atomic mass is 35.5. The van der Waals surface area contributed by atoms with Gasteiger partial charge in [0.2, 0.25) is 5.13 Å². The molecule has 0 unspecified atom stereocenters. The molecule has 0 saturated heterocycles. The third-order valence-corrected chi connectivity index (χ3v) is 5.59.